The Hall–Kier alpha value is -4.78. The maximum atomic E-state index is 15.7. The van der Waals surface area contributed by atoms with E-state index in [9.17, 15) is 27.6 Å². The molecule has 9 nitrogen and oxygen atoms in total. The number of para-hydroxylation sites is 1. The fourth-order valence-electron chi connectivity index (χ4n) is 7.18. The van der Waals surface area contributed by atoms with E-state index in [2.05, 4.69) is 11.6 Å². The van der Waals surface area contributed by atoms with Gasteiger partial charge < -0.3 is 19.6 Å². The molecule has 0 N–H and O–H groups in total. The molecule has 0 saturated carbocycles. The maximum absolute atomic E-state index is 15.7. The third-order valence-electron chi connectivity index (χ3n) is 9.38. The van der Waals surface area contributed by atoms with Crippen LogP contribution < -0.4 is 14.7 Å². The number of nitrogens with zero attached hydrogens (tertiary/aromatic N) is 6. The SMILES string of the molecule is C=C(CN(C)C)C(=O)N1CCc2cc(CN3C[C@H]4CC(=O)N(c5cc(C(F)(F)F)cc(C)n5)[C@@H]4C(=O)N(C)c4cccc(F)c43)ccc2C1. The molecule has 6 rings (SSSR count). The van der Waals surface area contributed by atoms with E-state index in [-0.39, 0.29) is 48.3 Å². The summed E-state index contributed by atoms with van der Waals surface area (Å²) >= 11 is 0. The third-order valence-corrected chi connectivity index (χ3v) is 9.38. The molecule has 0 unspecified atom stereocenters. The molecule has 2 atom stereocenters. The molecule has 49 heavy (non-hydrogen) atoms. The number of benzene rings is 2. The van der Waals surface area contributed by atoms with Gasteiger partial charge in [0.25, 0.3) is 5.91 Å². The van der Waals surface area contributed by atoms with Gasteiger partial charge in [-0.1, -0.05) is 30.8 Å². The first kappa shape index (κ1) is 34.1. The van der Waals surface area contributed by atoms with E-state index in [0.29, 0.717) is 31.6 Å². The summed E-state index contributed by atoms with van der Waals surface area (Å²) in [7, 11) is 5.24. The highest BCUT2D eigenvalue weighted by molar-refractivity contribution is 6.10. The van der Waals surface area contributed by atoms with Gasteiger partial charge in [0, 0.05) is 63.4 Å². The second kappa shape index (κ2) is 12.9. The summed E-state index contributed by atoms with van der Waals surface area (Å²) < 4.78 is 57.0. The lowest BCUT2D eigenvalue weighted by Gasteiger charge is -2.39. The van der Waals surface area contributed by atoms with Gasteiger partial charge in [0.1, 0.15) is 17.7 Å². The Morgan fingerprint density at radius 1 is 1.08 bits per heavy atom. The molecule has 0 radical (unpaired) electrons. The van der Waals surface area contributed by atoms with Crippen LogP contribution in [0.15, 0.2) is 60.7 Å². The van der Waals surface area contributed by atoms with Crippen LogP contribution in [0.3, 0.4) is 0 Å². The molecule has 258 valence electrons. The summed E-state index contributed by atoms with van der Waals surface area (Å²) in [5.41, 5.74) is 3.03. The molecule has 1 saturated heterocycles. The first-order chi connectivity index (χ1) is 23.1. The lowest BCUT2D eigenvalue weighted by Crippen LogP contribution is -2.52. The Bertz CT molecular complexity index is 1840. The standard InChI is InChI=1S/C36H38F4N6O3/c1-21(17-42(3)4)34(48)44-12-11-24-14-23(9-10-25(24)19-44)18-45-20-26-15-31(47)46(30-16-27(36(38,39)40)13-22(2)41-30)32(26)35(49)43(5)29-8-6-7-28(37)33(29)45/h6-10,13-14,16,26,32H,1,11-12,15,17-20H2,2-5H3/t26-,32+/m1/s1. The number of hydrogen-bond donors (Lipinski definition) is 0. The minimum Gasteiger partial charge on any atom is -0.363 e. The number of likely N-dealkylation sites (N-methyl/N-ethyl adjacent to an activating group) is 2. The second-order valence-corrected chi connectivity index (χ2v) is 13.3. The summed E-state index contributed by atoms with van der Waals surface area (Å²) in [5.74, 6) is -2.61. The van der Waals surface area contributed by atoms with Gasteiger partial charge in [0.05, 0.1) is 16.9 Å². The highest BCUT2D eigenvalue weighted by Crippen LogP contribution is 2.42. The number of carbonyl (C=O) groups is 3. The Morgan fingerprint density at radius 2 is 1.84 bits per heavy atom. The molecule has 3 aromatic rings. The minimum absolute atomic E-state index is 0.0557. The number of anilines is 3. The first-order valence-electron chi connectivity index (χ1n) is 16.0. The fraction of sp³-hybridized carbons (Fsp3) is 0.389. The molecule has 2 aromatic carbocycles. The second-order valence-electron chi connectivity index (χ2n) is 13.3. The average Bonchev–Trinajstić information content (AvgIpc) is 3.36. The quantitative estimate of drug-likeness (QED) is 0.271. The van der Waals surface area contributed by atoms with Crippen molar-refractivity contribution in [2.75, 3.05) is 55.5 Å². The van der Waals surface area contributed by atoms with E-state index < -0.39 is 41.3 Å². The summed E-state index contributed by atoms with van der Waals surface area (Å²) in [5, 5.41) is 0. The van der Waals surface area contributed by atoms with Crippen LogP contribution in [0.5, 0.6) is 0 Å². The van der Waals surface area contributed by atoms with E-state index in [4.69, 9.17) is 0 Å². The van der Waals surface area contributed by atoms with Crippen LogP contribution in [0, 0.1) is 18.7 Å². The average molecular weight is 679 g/mol. The van der Waals surface area contributed by atoms with E-state index in [0.717, 1.165) is 33.7 Å². The Kier molecular flexibility index (Phi) is 8.99. The Morgan fingerprint density at radius 3 is 2.55 bits per heavy atom. The molecular weight excluding hydrogens is 640 g/mol. The molecule has 4 heterocycles. The van der Waals surface area contributed by atoms with Crippen LogP contribution in [0.2, 0.25) is 0 Å². The molecule has 3 amide bonds. The van der Waals surface area contributed by atoms with Crippen LogP contribution in [-0.4, -0.2) is 79.3 Å². The number of carbonyl (C=O) groups excluding carboxylic acids is 3. The van der Waals surface area contributed by atoms with Gasteiger partial charge in [-0.2, -0.15) is 13.2 Å². The third kappa shape index (κ3) is 6.63. The minimum atomic E-state index is -4.68. The highest BCUT2D eigenvalue weighted by atomic mass is 19.4. The zero-order valence-electron chi connectivity index (χ0n) is 27.9. The number of pyridine rings is 1. The molecule has 13 heteroatoms. The zero-order valence-corrected chi connectivity index (χ0v) is 27.9. The van der Waals surface area contributed by atoms with Crippen molar-refractivity contribution in [3.05, 3.63) is 94.4 Å². The maximum Gasteiger partial charge on any atom is 0.416 e. The van der Waals surface area contributed by atoms with Crippen LogP contribution in [-0.2, 0) is 40.1 Å². The van der Waals surface area contributed by atoms with Gasteiger partial charge in [0.15, 0.2) is 0 Å². The van der Waals surface area contributed by atoms with Crippen LogP contribution in [0.4, 0.5) is 34.8 Å². The van der Waals surface area contributed by atoms with Crippen molar-refractivity contribution < 1.29 is 31.9 Å². The number of fused-ring (bicyclic) bond motifs is 3. The summed E-state index contributed by atoms with van der Waals surface area (Å²) in [6, 6.07) is 10.9. The van der Waals surface area contributed by atoms with Gasteiger partial charge in [-0.05, 0) is 68.4 Å². The Balaban J connectivity index is 1.32. The van der Waals surface area contributed by atoms with Gasteiger partial charge in [-0.3, -0.25) is 19.3 Å². The van der Waals surface area contributed by atoms with Crippen molar-refractivity contribution >= 4 is 34.9 Å². The summed E-state index contributed by atoms with van der Waals surface area (Å²) in [6.45, 7) is 7.13. The number of hydrogen-bond acceptors (Lipinski definition) is 6. The lowest BCUT2D eigenvalue weighted by atomic mass is 9.94. The van der Waals surface area contributed by atoms with Gasteiger partial charge in [-0.15, -0.1) is 0 Å². The first-order valence-corrected chi connectivity index (χ1v) is 16.0. The number of amides is 3. The largest absolute Gasteiger partial charge is 0.416 e. The molecular formula is C36H38F4N6O3. The van der Waals surface area contributed by atoms with Crippen molar-refractivity contribution in [2.45, 2.75) is 45.1 Å². The number of halogens is 4. The number of rotatable bonds is 6. The molecule has 1 aromatic heterocycles. The number of aromatic nitrogens is 1. The number of aryl methyl sites for hydroxylation is 1. The van der Waals surface area contributed by atoms with E-state index >= 15 is 4.39 Å². The van der Waals surface area contributed by atoms with E-state index in [1.807, 2.05) is 37.2 Å². The highest BCUT2D eigenvalue weighted by Gasteiger charge is 2.49. The summed E-state index contributed by atoms with van der Waals surface area (Å²) in [4.78, 5) is 52.6. The van der Waals surface area contributed by atoms with Crippen molar-refractivity contribution in [1.29, 1.82) is 0 Å². The summed E-state index contributed by atoms with van der Waals surface area (Å²) in [6.07, 6.45) is -4.18. The van der Waals surface area contributed by atoms with E-state index in [1.165, 1.54) is 31.0 Å². The van der Waals surface area contributed by atoms with Crippen LogP contribution in [0.1, 0.15) is 34.4 Å². The van der Waals surface area contributed by atoms with Crippen molar-refractivity contribution in [3.63, 3.8) is 0 Å². The lowest BCUT2D eigenvalue weighted by molar-refractivity contribution is -0.137. The Labute approximate surface area is 282 Å². The van der Waals surface area contributed by atoms with Gasteiger partial charge in [-0.25, -0.2) is 9.37 Å². The smallest absolute Gasteiger partial charge is 0.363 e. The van der Waals surface area contributed by atoms with Gasteiger partial charge in [0.2, 0.25) is 11.8 Å². The normalized spacial score (nSPS) is 19.4. The van der Waals surface area contributed by atoms with Gasteiger partial charge >= 0.3 is 6.18 Å². The molecule has 1 fully saturated rings. The predicted molar refractivity (Wildman–Crippen MR) is 177 cm³/mol. The van der Waals surface area contributed by atoms with Crippen molar-refractivity contribution in [1.82, 2.24) is 14.8 Å². The molecule has 0 spiro atoms. The zero-order chi connectivity index (χ0) is 35.4. The topological polar surface area (TPSA) is 80.3 Å². The van der Waals surface area contributed by atoms with Crippen molar-refractivity contribution in [3.8, 4) is 0 Å². The molecule has 3 aliphatic rings. The van der Waals surface area contributed by atoms with Crippen LogP contribution >= 0.6 is 0 Å². The predicted octanol–water partition coefficient (Wildman–Crippen LogP) is 4.96. The molecule has 0 aliphatic carbocycles. The molecule has 0 bridgehead atoms. The monoisotopic (exact) mass is 678 g/mol. The van der Waals surface area contributed by atoms with Crippen molar-refractivity contribution in [2.24, 2.45) is 5.92 Å². The van der Waals surface area contributed by atoms with Crippen LogP contribution in [0.25, 0.3) is 0 Å². The molecule has 3 aliphatic heterocycles. The fourth-order valence-corrected chi connectivity index (χ4v) is 7.18. The number of alkyl halides is 3. The van der Waals surface area contributed by atoms with E-state index in [1.54, 1.807) is 15.9 Å².